The number of rotatable bonds is 8. The number of aryl methyl sites for hydroxylation is 2. The number of hydrogen-bond donors (Lipinski definition) is 1. The summed E-state index contributed by atoms with van der Waals surface area (Å²) in [5, 5.41) is 9.11. The number of pyridine rings is 1. The highest BCUT2D eigenvalue weighted by Crippen LogP contribution is 2.46. The van der Waals surface area contributed by atoms with Crippen LogP contribution in [0.25, 0.3) is 11.1 Å². The second-order valence-corrected chi connectivity index (χ2v) is 9.56. The minimum atomic E-state index is -0.746. The molecule has 0 radical (unpaired) electrons. The topological polar surface area (TPSA) is 77.9 Å². The van der Waals surface area contributed by atoms with E-state index in [-0.39, 0.29) is 17.9 Å². The average molecular weight is 474 g/mol. The molecule has 2 aliphatic rings. The van der Waals surface area contributed by atoms with Crippen LogP contribution >= 0.6 is 0 Å². The molecule has 2 atom stereocenters. The van der Waals surface area contributed by atoms with Crippen molar-refractivity contribution in [1.29, 1.82) is 0 Å². The molecule has 5 rings (SSSR count). The predicted molar refractivity (Wildman–Crippen MR) is 133 cm³/mol. The highest BCUT2D eigenvalue weighted by molar-refractivity contribution is 5.75. The summed E-state index contributed by atoms with van der Waals surface area (Å²) in [7, 11) is 0. The molecule has 35 heavy (non-hydrogen) atoms. The van der Waals surface area contributed by atoms with E-state index in [1.807, 2.05) is 12.1 Å². The molecule has 2 aromatic carbocycles. The molecule has 1 N–H and O–H groups in total. The number of carbonyl (C=O) groups is 1. The number of aromatic nitrogens is 1. The lowest BCUT2D eigenvalue weighted by Gasteiger charge is -2.24. The highest BCUT2D eigenvalue weighted by atomic mass is 16.5. The van der Waals surface area contributed by atoms with Crippen molar-refractivity contribution in [1.82, 2.24) is 4.98 Å². The van der Waals surface area contributed by atoms with E-state index in [1.54, 1.807) is 6.20 Å². The summed E-state index contributed by atoms with van der Waals surface area (Å²) in [6, 6.07) is 16.4. The van der Waals surface area contributed by atoms with Crippen LogP contribution in [-0.4, -0.2) is 35.4 Å². The van der Waals surface area contributed by atoms with Crippen molar-refractivity contribution in [3.8, 4) is 22.6 Å². The quantitative estimate of drug-likeness (QED) is 0.453. The fraction of sp³-hybridized carbons (Fsp3) is 0.379. The zero-order valence-electron chi connectivity index (χ0n) is 20.2. The largest absolute Gasteiger partial charge is 0.490 e. The van der Waals surface area contributed by atoms with Gasteiger partial charge in [-0.1, -0.05) is 18.2 Å². The van der Waals surface area contributed by atoms with Gasteiger partial charge in [-0.25, -0.2) is 0 Å². The lowest BCUT2D eigenvalue weighted by molar-refractivity contribution is -0.138. The fourth-order valence-electron chi connectivity index (χ4n) is 4.91. The van der Waals surface area contributed by atoms with Crippen molar-refractivity contribution >= 4 is 5.97 Å². The van der Waals surface area contributed by atoms with Crippen LogP contribution in [0, 0.1) is 19.8 Å². The Kier molecular flexibility index (Phi) is 6.73. The minimum absolute atomic E-state index is 0.0261. The molecule has 6 heteroatoms. The number of nitrogens with zero attached hydrogens (tertiary/aromatic N) is 1. The second-order valence-electron chi connectivity index (χ2n) is 9.56. The summed E-state index contributed by atoms with van der Waals surface area (Å²) in [5.41, 5.74) is 6.63. The third kappa shape index (κ3) is 5.49. The Morgan fingerprint density at radius 2 is 1.83 bits per heavy atom. The van der Waals surface area contributed by atoms with E-state index in [0.717, 1.165) is 48.6 Å². The fourth-order valence-corrected chi connectivity index (χ4v) is 4.91. The summed E-state index contributed by atoms with van der Waals surface area (Å²) in [4.78, 5) is 15.5. The van der Waals surface area contributed by atoms with E-state index >= 15 is 0 Å². The molecule has 2 fully saturated rings. The maximum absolute atomic E-state index is 11.1. The van der Waals surface area contributed by atoms with E-state index in [9.17, 15) is 4.79 Å². The summed E-state index contributed by atoms with van der Waals surface area (Å²) in [6.45, 7) is 6.22. The summed E-state index contributed by atoms with van der Waals surface area (Å²) in [5.74, 6) is 0.578. The Labute approximate surface area is 205 Å². The van der Waals surface area contributed by atoms with E-state index in [2.05, 4.69) is 55.2 Å². The van der Waals surface area contributed by atoms with Gasteiger partial charge in [-0.2, -0.15) is 0 Å². The van der Waals surface area contributed by atoms with Crippen molar-refractivity contribution in [3.05, 3.63) is 77.1 Å². The first-order valence-electron chi connectivity index (χ1n) is 12.2. The lowest BCUT2D eigenvalue weighted by atomic mass is 9.94. The molecule has 1 saturated heterocycles. The van der Waals surface area contributed by atoms with Gasteiger partial charge in [0.25, 0.3) is 0 Å². The number of hydrogen-bond acceptors (Lipinski definition) is 5. The second kappa shape index (κ2) is 10.1. The van der Waals surface area contributed by atoms with Crippen molar-refractivity contribution in [2.45, 2.75) is 51.7 Å². The molecular formula is C29H31NO5. The van der Waals surface area contributed by atoms with Crippen LogP contribution in [0.3, 0.4) is 0 Å². The van der Waals surface area contributed by atoms with Gasteiger partial charge in [0.2, 0.25) is 0 Å². The number of benzene rings is 2. The normalized spacial score (nSPS) is 19.8. The van der Waals surface area contributed by atoms with E-state index in [0.29, 0.717) is 18.8 Å². The predicted octanol–water partition coefficient (Wildman–Crippen LogP) is 5.69. The Balaban J connectivity index is 1.24. The number of carboxylic acid groups (broad SMARTS) is 1. The maximum Gasteiger partial charge on any atom is 0.307 e. The Morgan fingerprint density at radius 1 is 1.06 bits per heavy atom. The van der Waals surface area contributed by atoms with Gasteiger partial charge in [0.1, 0.15) is 24.2 Å². The average Bonchev–Trinajstić information content (AvgIpc) is 3.65. The molecule has 1 aliphatic carbocycles. The van der Waals surface area contributed by atoms with Crippen LogP contribution in [0.5, 0.6) is 11.5 Å². The van der Waals surface area contributed by atoms with Gasteiger partial charge in [0, 0.05) is 24.5 Å². The molecule has 0 bridgehead atoms. The van der Waals surface area contributed by atoms with Gasteiger partial charge in [-0.05, 0) is 78.4 Å². The smallest absolute Gasteiger partial charge is 0.307 e. The highest BCUT2D eigenvalue weighted by Gasteiger charge is 2.45. The third-order valence-corrected chi connectivity index (χ3v) is 6.85. The zero-order valence-corrected chi connectivity index (χ0v) is 20.2. The molecule has 0 amide bonds. The molecular weight excluding hydrogens is 442 g/mol. The van der Waals surface area contributed by atoms with Crippen molar-refractivity contribution in [2.24, 2.45) is 5.92 Å². The lowest BCUT2D eigenvalue weighted by Crippen LogP contribution is -2.25. The van der Waals surface area contributed by atoms with Crippen LogP contribution < -0.4 is 9.47 Å². The molecule has 2 heterocycles. The van der Waals surface area contributed by atoms with E-state index in [1.165, 1.54) is 16.7 Å². The SMILES string of the molecule is Cc1cc(OC2CCOCC2)cc(C)c1-c1cccc(COc2ccc([C@H]3C[C@@H]3C(=O)O)nc2)c1. The van der Waals surface area contributed by atoms with E-state index < -0.39 is 5.97 Å². The van der Waals surface area contributed by atoms with Crippen LogP contribution in [-0.2, 0) is 16.1 Å². The van der Waals surface area contributed by atoms with Crippen molar-refractivity contribution < 1.29 is 24.1 Å². The van der Waals surface area contributed by atoms with Crippen LogP contribution in [0.4, 0.5) is 0 Å². The molecule has 182 valence electrons. The number of aliphatic carboxylic acids is 1. The summed E-state index contributed by atoms with van der Waals surface area (Å²) in [6.07, 6.45) is 4.44. The third-order valence-electron chi connectivity index (χ3n) is 6.85. The Hall–Kier alpha value is -3.38. The van der Waals surface area contributed by atoms with Gasteiger partial charge in [-0.3, -0.25) is 9.78 Å². The minimum Gasteiger partial charge on any atom is -0.490 e. The standard InChI is InChI=1S/C29H31NO5/c1-18-12-24(35-22-8-10-33-11-9-22)13-19(2)28(18)21-5-3-4-20(14-21)17-34-23-6-7-27(30-16-23)25-15-26(25)29(31)32/h3-7,12-14,16,22,25-26H,8-11,15,17H2,1-2H3,(H,31,32)/t25-,26-/m0/s1. The van der Waals surface area contributed by atoms with Crippen LogP contribution in [0.2, 0.25) is 0 Å². The summed E-state index contributed by atoms with van der Waals surface area (Å²) < 4.78 is 17.6. The molecule has 6 nitrogen and oxygen atoms in total. The van der Waals surface area contributed by atoms with Gasteiger partial charge in [0.05, 0.1) is 25.3 Å². The van der Waals surface area contributed by atoms with Gasteiger partial charge in [-0.15, -0.1) is 0 Å². The Bertz CT molecular complexity index is 1180. The first-order chi connectivity index (χ1) is 17.0. The van der Waals surface area contributed by atoms with E-state index in [4.69, 9.17) is 19.3 Å². The summed E-state index contributed by atoms with van der Waals surface area (Å²) >= 11 is 0. The van der Waals surface area contributed by atoms with Gasteiger partial charge >= 0.3 is 5.97 Å². The first-order valence-corrected chi connectivity index (χ1v) is 12.2. The molecule has 0 spiro atoms. The van der Waals surface area contributed by atoms with Crippen molar-refractivity contribution in [2.75, 3.05) is 13.2 Å². The van der Waals surface area contributed by atoms with Crippen LogP contribution in [0.15, 0.2) is 54.7 Å². The number of carboxylic acids is 1. The van der Waals surface area contributed by atoms with Gasteiger partial charge in [0.15, 0.2) is 0 Å². The van der Waals surface area contributed by atoms with Crippen LogP contribution in [0.1, 0.15) is 47.6 Å². The molecule has 1 saturated carbocycles. The van der Waals surface area contributed by atoms with Gasteiger partial charge < -0.3 is 19.3 Å². The zero-order chi connectivity index (χ0) is 24.4. The first kappa shape index (κ1) is 23.4. The monoisotopic (exact) mass is 473 g/mol. The molecule has 1 aromatic heterocycles. The molecule has 0 unspecified atom stereocenters. The molecule has 3 aromatic rings. The maximum atomic E-state index is 11.1. The Morgan fingerprint density at radius 3 is 2.49 bits per heavy atom. The molecule has 1 aliphatic heterocycles. The van der Waals surface area contributed by atoms with Crippen molar-refractivity contribution in [3.63, 3.8) is 0 Å². The number of ether oxygens (including phenoxy) is 3.